The summed E-state index contributed by atoms with van der Waals surface area (Å²) >= 11 is 0. The zero-order chi connectivity index (χ0) is 19.1. The number of nitrogens with zero attached hydrogens (tertiary/aromatic N) is 1. The Balaban J connectivity index is 1.39. The molecule has 28 heavy (non-hydrogen) atoms. The first-order valence-corrected chi connectivity index (χ1v) is 10.4. The van der Waals surface area contributed by atoms with Crippen molar-refractivity contribution in [1.82, 2.24) is 4.90 Å². The van der Waals surface area contributed by atoms with E-state index in [1.165, 1.54) is 12.8 Å². The fourth-order valence-corrected chi connectivity index (χ4v) is 5.04. The second-order valence-corrected chi connectivity index (χ2v) is 8.28. The molecule has 5 rings (SSSR count). The minimum Gasteiger partial charge on any atom is -0.496 e. The number of aliphatic hydroxyl groups is 1. The summed E-state index contributed by atoms with van der Waals surface area (Å²) in [6, 6.07) is 5.60. The van der Waals surface area contributed by atoms with Gasteiger partial charge in [0, 0.05) is 12.5 Å². The monoisotopic (exact) mass is 385 g/mol. The zero-order valence-electron chi connectivity index (χ0n) is 16.0. The van der Waals surface area contributed by atoms with E-state index in [9.17, 15) is 9.90 Å². The molecule has 1 aromatic carbocycles. The number of rotatable bonds is 3. The van der Waals surface area contributed by atoms with E-state index < -0.39 is 6.10 Å². The summed E-state index contributed by atoms with van der Waals surface area (Å²) in [5.74, 6) is 1.30. The second-order valence-electron chi connectivity index (χ2n) is 8.28. The SMILES string of the molecule is O=C1C(c2ccc3c(c2)OCCO3)=COC2C1CCC(O)C2CN1CCCC1. The van der Waals surface area contributed by atoms with Crippen molar-refractivity contribution in [3.63, 3.8) is 0 Å². The standard InChI is InChI=1S/C22H27NO5/c24-18-5-4-15-21(25)17(14-3-6-19-20(11-14)27-10-9-26-19)13-28-22(15)16(18)12-23-7-1-2-8-23/h3,6,11,13,15-16,18,22,24H,1-2,4-5,7-10,12H2. The van der Waals surface area contributed by atoms with Crippen molar-refractivity contribution in [3.05, 3.63) is 30.0 Å². The molecule has 0 amide bonds. The quantitative estimate of drug-likeness (QED) is 0.861. The maximum Gasteiger partial charge on any atom is 0.173 e. The van der Waals surface area contributed by atoms with Crippen molar-refractivity contribution < 1.29 is 24.1 Å². The molecule has 0 aromatic heterocycles. The predicted molar refractivity (Wildman–Crippen MR) is 103 cm³/mol. The van der Waals surface area contributed by atoms with Gasteiger partial charge in [-0.1, -0.05) is 6.07 Å². The average molecular weight is 385 g/mol. The highest BCUT2D eigenvalue weighted by molar-refractivity contribution is 6.22. The third-order valence-electron chi connectivity index (χ3n) is 6.55. The Labute approximate surface area is 165 Å². The molecule has 4 atom stereocenters. The first kappa shape index (κ1) is 18.0. The number of carbonyl (C=O) groups is 1. The van der Waals surface area contributed by atoms with E-state index in [0.717, 1.165) is 25.2 Å². The molecule has 0 bridgehead atoms. The van der Waals surface area contributed by atoms with Crippen LogP contribution in [-0.4, -0.2) is 60.8 Å². The zero-order valence-corrected chi connectivity index (χ0v) is 16.0. The summed E-state index contributed by atoms with van der Waals surface area (Å²) in [7, 11) is 0. The molecule has 150 valence electrons. The lowest BCUT2D eigenvalue weighted by Gasteiger charge is -2.43. The maximum absolute atomic E-state index is 13.3. The fraction of sp³-hybridized carbons (Fsp3) is 0.591. The van der Waals surface area contributed by atoms with E-state index in [0.29, 0.717) is 43.1 Å². The Morgan fingerprint density at radius 1 is 1.07 bits per heavy atom. The summed E-state index contributed by atoms with van der Waals surface area (Å²) < 4.78 is 17.3. The molecule has 4 aliphatic rings. The third-order valence-corrected chi connectivity index (χ3v) is 6.55. The van der Waals surface area contributed by atoms with Crippen LogP contribution in [0.5, 0.6) is 11.5 Å². The van der Waals surface area contributed by atoms with Gasteiger partial charge >= 0.3 is 0 Å². The number of ketones is 1. The van der Waals surface area contributed by atoms with Crippen LogP contribution < -0.4 is 9.47 Å². The molecule has 4 unspecified atom stereocenters. The molecule has 1 saturated heterocycles. The van der Waals surface area contributed by atoms with Crippen LogP contribution in [0, 0.1) is 11.8 Å². The summed E-state index contributed by atoms with van der Waals surface area (Å²) in [5, 5.41) is 10.6. The van der Waals surface area contributed by atoms with Crippen molar-refractivity contribution in [3.8, 4) is 11.5 Å². The summed E-state index contributed by atoms with van der Waals surface area (Å²) in [6.45, 7) is 4.02. The van der Waals surface area contributed by atoms with Gasteiger partial charge in [0.2, 0.25) is 0 Å². The van der Waals surface area contributed by atoms with Gasteiger partial charge in [0.15, 0.2) is 17.3 Å². The predicted octanol–water partition coefficient (Wildman–Crippen LogP) is 2.25. The van der Waals surface area contributed by atoms with Crippen LogP contribution in [0.1, 0.15) is 31.2 Å². The van der Waals surface area contributed by atoms with Crippen LogP contribution >= 0.6 is 0 Å². The Hall–Kier alpha value is -2.05. The maximum atomic E-state index is 13.3. The summed E-state index contributed by atoms with van der Waals surface area (Å²) in [6.07, 6.45) is 4.71. The third kappa shape index (κ3) is 3.18. The van der Waals surface area contributed by atoms with Crippen molar-refractivity contribution in [2.24, 2.45) is 11.8 Å². The van der Waals surface area contributed by atoms with Gasteiger partial charge in [-0.2, -0.15) is 0 Å². The number of Topliss-reactive ketones (excluding diaryl/α,β-unsaturated/α-hetero) is 1. The lowest BCUT2D eigenvalue weighted by molar-refractivity contribution is -0.133. The van der Waals surface area contributed by atoms with Crippen LogP contribution in [-0.2, 0) is 9.53 Å². The molecule has 6 nitrogen and oxygen atoms in total. The molecule has 1 N–H and O–H groups in total. The molecule has 0 radical (unpaired) electrons. The first-order chi connectivity index (χ1) is 13.7. The van der Waals surface area contributed by atoms with Crippen molar-refractivity contribution in [1.29, 1.82) is 0 Å². The smallest absolute Gasteiger partial charge is 0.173 e. The first-order valence-electron chi connectivity index (χ1n) is 10.4. The van der Waals surface area contributed by atoms with E-state index in [2.05, 4.69) is 4.90 Å². The Morgan fingerprint density at radius 2 is 1.86 bits per heavy atom. The number of hydrogen-bond acceptors (Lipinski definition) is 6. The van der Waals surface area contributed by atoms with Gasteiger partial charge in [0.25, 0.3) is 0 Å². The summed E-state index contributed by atoms with van der Waals surface area (Å²) in [5.41, 5.74) is 1.39. The van der Waals surface area contributed by atoms with Crippen LogP contribution in [0.25, 0.3) is 5.57 Å². The lowest BCUT2D eigenvalue weighted by atomic mass is 9.72. The van der Waals surface area contributed by atoms with Crippen LogP contribution in [0.4, 0.5) is 0 Å². The highest BCUT2D eigenvalue weighted by Gasteiger charge is 2.46. The molecule has 1 saturated carbocycles. The largest absolute Gasteiger partial charge is 0.496 e. The number of likely N-dealkylation sites (tertiary alicyclic amines) is 1. The molecule has 1 aliphatic carbocycles. The molecule has 3 aliphatic heterocycles. The van der Waals surface area contributed by atoms with E-state index in [1.807, 2.05) is 18.2 Å². The van der Waals surface area contributed by atoms with Crippen molar-refractivity contribution in [2.45, 2.75) is 37.9 Å². The Morgan fingerprint density at radius 3 is 2.68 bits per heavy atom. The Bertz CT molecular complexity index is 785. The highest BCUT2D eigenvalue weighted by atomic mass is 16.6. The van der Waals surface area contributed by atoms with E-state index in [-0.39, 0.29) is 23.7 Å². The number of aliphatic hydroxyl groups excluding tert-OH is 1. The topological polar surface area (TPSA) is 68.2 Å². The highest BCUT2D eigenvalue weighted by Crippen LogP contribution is 2.41. The number of ether oxygens (including phenoxy) is 3. The van der Waals surface area contributed by atoms with Crippen molar-refractivity contribution >= 4 is 11.4 Å². The number of allylic oxidation sites excluding steroid dienone is 1. The second kappa shape index (κ2) is 7.41. The van der Waals surface area contributed by atoms with Crippen LogP contribution in [0.15, 0.2) is 24.5 Å². The Kier molecular flexibility index (Phi) is 4.77. The van der Waals surface area contributed by atoms with Gasteiger partial charge < -0.3 is 24.2 Å². The minimum atomic E-state index is -0.404. The molecule has 0 spiro atoms. The van der Waals surface area contributed by atoms with E-state index in [4.69, 9.17) is 14.2 Å². The van der Waals surface area contributed by atoms with Gasteiger partial charge in [0.1, 0.15) is 19.3 Å². The lowest BCUT2D eigenvalue weighted by Crippen LogP contribution is -2.51. The molecule has 6 heteroatoms. The molecular weight excluding hydrogens is 358 g/mol. The number of fused-ring (bicyclic) bond motifs is 2. The van der Waals surface area contributed by atoms with Crippen LogP contribution in [0.2, 0.25) is 0 Å². The minimum absolute atomic E-state index is 0.0149. The summed E-state index contributed by atoms with van der Waals surface area (Å²) in [4.78, 5) is 15.7. The number of carbonyl (C=O) groups excluding carboxylic acids is 1. The van der Waals surface area contributed by atoms with Gasteiger partial charge in [-0.3, -0.25) is 4.79 Å². The molecule has 2 fully saturated rings. The van der Waals surface area contributed by atoms with Crippen molar-refractivity contribution in [2.75, 3.05) is 32.8 Å². The average Bonchev–Trinajstić information content (AvgIpc) is 3.23. The number of hydrogen-bond donors (Lipinski definition) is 1. The van der Waals surface area contributed by atoms with E-state index in [1.54, 1.807) is 6.26 Å². The molecule has 1 aromatic rings. The molecular formula is C22H27NO5. The van der Waals surface area contributed by atoms with Gasteiger partial charge in [-0.25, -0.2) is 0 Å². The van der Waals surface area contributed by atoms with Gasteiger partial charge in [-0.15, -0.1) is 0 Å². The molecule has 3 heterocycles. The number of benzene rings is 1. The van der Waals surface area contributed by atoms with Gasteiger partial charge in [0.05, 0.1) is 23.9 Å². The van der Waals surface area contributed by atoms with Gasteiger partial charge in [-0.05, 0) is 56.5 Å². The normalized spacial score (nSPS) is 32.5. The van der Waals surface area contributed by atoms with E-state index >= 15 is 0 Å². The van der Waals surface area contributed by atoms with Crippen LogP contribution in [0.3, 0.4) is 0 Å². The fourth-order valence-electron chi connectivity index (χ4n) is 5.04.